The molecule has 0 aliphatic rings. The molecule has 0 saturated carbocycles. The summed E-state index contributed by atoms with van der Waals surface area (Å²) in [5, 5.41) is 2.83. The van der Waals surface area contributed by atoms with Gasteiger partial charge in [0.05, 0.1) is 0 Å². The van der Waals surface area contributed by atoms with E-state index in [4.69, 9.17) is 0 Å². The summed E-state index contributed by atoms with van der Waals surface area (Å²) in [5.41, 5.74) is 0. The monoisotopic (exact) mass is 231 g/mol. The zero-order chi connectivity index (χ0) is 11.2. The van der Waals surface area contributed by atoms with E-state index < -0.39 is 23.4 Å². The Bertz CT molecular complexity index is 184. The first-order valence-corrected chi connectivity index (χ1v) is 6.05. The van der Waals surface area contributed by atoms with Crippen LogP contribution >= 0.6 is 0 Å². The molecule has 14 heavy (non-hydrogen) atoms. The van der Waals surface area contributed by atoms with Gasteiger partial charge in [0.25, 0.3) is 0 Å². The lowest BCUT2D eigenvalue weighted by Gasteiger charge is -2.10. The second-order valence-electron chi connectivity index (χ2n) is 3.23. The number of alkyl halides is 3. The standard InChI is InChI=1S/C8H16F3NOS/c1-7(14(2)13)6-12-5-3-4-8(9,10)11/h7,12H,3-6H2,1-2H3. The topological polar surface area (TPSA) is 29.1 Å². The Hall–Kier alpha value is -0.100. The van der Waals surface area contributed by atoms with Crippen LogP contribution in [0.3, 0.4) is 0 Å². The van der Waals surface area contributed by atoms with Gasteiger partial charge in [-0.2, -0.15) is 13.2 Å². The van der Waals surface area contributed by atoms with Gasteiger partial charge in [0.1, 0.15) is 0 Å². The van der Waals surface area contributed by atoms with Crippen molar-refractivity contribution in [3.63, 3.8) is 0 Å². The smallest absolute Gasteiger partial charge is 0.316 e. The Morgan fingerprint density at radius 2 is 2.00 bits per heavy atom. The lowest BCUT2D eigenvalue weighted by molar-refractivity contribution is -0.135. The van der Waals surface area contributed by atoms with Crippen LogP contribution in [0.15, 0.2) is 0 Å². The van der Waals surface area contributed by atoms with Crippen LogP contribution in [0.5, 0.6) is 0 Å². The third-order valence-electron chi connectivity index (χ3n) is 1.81. The maximum Gasteiger partial charge on any atom is 0.389 e. The van der Waals surface area contributed by atoms with Gasteiger partial charge in [0.2, 0.25) is 0 Å². The zero-order valence-electron chi connectivity index (χ0n) is 8.36. The summed E-state index contributed by atoms with van der Waals surface area (Å²) in [6, 6.07) is 0. The molecular weight excluding hydrogens is 215 g/mol. The molecule has 0 spiro atoms. The highest BCUT2D eigenvalue weighted by atomic mass is 32.2. The molecule has 0 aromatic rings. The van der Waals surface area contributed by atoms with E-state index in [-0.39, 0.29) is 11.7 Å². The molecule has 0 amide bonds. The van der Waals surface area contributed by atoms with Crippen molar-refractivity contribution in [2.24, 2.45) is 0 Å². The van der Waals surface area contributed by atoms with Crippen molar-refractivity contribution in [1.82, 2.24) is 5.32 Å². The van der Waals surface area contributed by atoms with Gasteiger partial charge in [0.15, 0.2) is 0 Å². The highest BCUT2D eigenvalue weighted by Crippen LogP contribution is 2.20. The van der Waals surface area contributed by atoms with E-state index in [0.29, 0.717) is 13.1 Å². The lowest BCUT2D eigenvalue weighted by atomic mass is 10.3. The molecule has 2 atom stereocenters. The van der Waals surface area contributed by atoms with Gasteiger partial charge in [-0.1, -0.05) is 0 Å². The predicted octanol–water partition coefficient (Wildman–Crippen LogP) is 1.69. The van der Waals surface area contributed by atoms with Gasteiger partial charge in [-0.05, 0) is 19.9 Å². The van der Waals surface area contributed by atoms with Crippen LogP contribution in [0.1, 0.15) is 19.8 Å². The summed E-state index contributed by atoms with van der Waals surface area (Å²) in [7, 11) is -0.918. The summed E-state index contributed by atoms with van der Waals surface area (Å²) < 4.78 is 45.9. The van der Waals surface area contributed by atoms with Crippen LogP contribution in [-0.2, 0) is 10.8 Å². The molecule has 0 aliphatic heterocycles. The first-order chi connectivity index (χ1) is 6.33. The maximum absolute atomic E-state index is 11.7. The number of nitrogens with one attached hydrogen (secondary N) is 1. The molecule has 0 rings (SSSR count). The second kappa shape index (κ2) is 6.40. The third-order valence-corrected chi connectivity index (χ3v) is 3.11. The van der Waals surface area contributed by atoms with Gasteiger partial charge in [-0.15, -0.1) is 0 Å². The van der Waals surface area contributed by atoms with Gasteiger partial charge < -0.3 is 5.32 Å². The minimum atomic E-state index is -4.07. The molecule has 1 N–H and O–H groups in total. The number of rotatable bonds is 6. The van der Waals surface area contributed by atoms with Crippen LogP contribution in [-0.4, -0.2) is 35.0 Å². The first kappa shape index (κ1) is 13.9. The average molecular weight is 231 g/mol. The van der Waals surface area contributed by atoms with E-state index in [1.165, 1.54) is 0 Å². The van der Waals surface area contributed by atoms with E-state index in [1.807, 2.05) is 0 Å². The molecule has 2 nitrogen and oxygen atoms in total. The number of halogens is 3. The predicted molar refractivity (Wildman–Crippen MR) is 51.7 cm³/mol. The maximum atomic E-state index is 11.7. The van der Waals surface area contributed by atoms with Crippen molar-refractivity contribution in [3.8, 4) is 0 Å². The number of hydrogen-bond donors (Lipinski definition) is 1. The van der Waals surface area contributed by atoms with Crippen LogP contribution in [0.25, 0.3) is 0 Å². The molecule has 86 valence electrons. The molecule has 0 bridgehead atoms. The van der Waals surface area contributed by atoms with E-state index in [9.17, 15) is 17.4 Å². The summed E-state index contributed by atoms with van der Waals surface area (Å²) in [4.78, 5) is 0. The van der Waals surface area contributed by atoms with E-state index in [1.54, 1.807) is 13.2 Å². The molecule has 0 fully saturated rings. The SMILES string of the molecule is CC(CNCCCC(F)(F)F)S(C)=O. The van der Waals surface area contributed by atoms with Crippen molar-refractivity contribution in [3.05, 3.63) is 0 Å². The highest BCUT2D eigenvalue weighted by molar-refractivity contribution is 7.84. The molecule has 0 aromatic heterocycles. The molecule has 0 radical (unpaired) electrons. The summed E-state index contributed by atoms with van der Waals surface area (Å²) in [6.07, 6.45) is -3.17. The molecule has 6 heteroatoms. The largest absolute Gasteiger partial charge is 0.389 e. The Labute approximate surface area is 84.7 Å². The fraction of sp³-hybridized carbons (Fsp3) is 1.00. The van der Waals surface area contributed by atoms with Crippen molar-refractivity contribution in [2.45, 2.75) is 31.2 Å². The molecule has 0 saturated heterocycles. The van der Waals surface area contributed by atoms with Crippen molar-refractivity contribution in [2.75, 3.05) is 19.3 Å². The Morgan fingerprint density at radius 1 is 1.43 bits per heavy atom. The Kier molecular flexibility index (Phi) is 6.35. The average Bonchev–Trinajstić information content (AvgIpc) is 2.01. The molecule has 2 unspecified atom stereocenters. The van der Waals surface area contributed by atoms with Crippen molar-refractivity contribution >= 4 is 10.8 Å². The lowest BCUT2D eigenvalue weighted by Crippen LogP contribution is -2.28. The second-order valence-corrected chi connectivity index (χ2v) is 5.03. The summed E-state index contributed by atoms with van der Waals surface area (Å²) in [6.45, 7) is 2.62. The van der Waals surface area contributed by atoms with Crippen molar-refractivity contribution in [1.29, 1.82) is 0 Å². The molecule has 0 aliphatic carbocycles. The van der Waals surface area contributed by atoms with Crippen LogP contribution in [0.2, 0.25) is 0 Å². The van der Waals surface area contributed by atoms with Gasteiger partial charge in [0, 0.05) is 35.3 Å². The van der Waals surface area contributed by atoms with E-state index in [2.05, 4.69) is 5.32 Å². The van der Waals surface area contributed by atoms with Crippen LogP contribution in [0.4, 0.5) is 13.2 Å². The molecule has 0 aromatic carbocycles. The first-order valence-electron chi connectivity index (χ1n) is 4.42. The van der Waals surface area contributed by atoms with Crippen LogP contribution in [0, 0.1) is 0 Å². The highest BCUT2D eigenvalue weighted by Gasteiger charge is 2.25. The van der Waals surface area contributed by atoms with Gasteiger partial charge in [-0.3, -0.25) is 4.21 Å². The zero-order valence-corrected chi connectivity index (χ0v) is 9.17. The van der Waals surface area contributed by atoms with Crippen LogP contribution < -0.4 is 5.32 Å². The van der Waals surface area contributed by atoms with Crippen molar-refractivity contribution < 1.29 is 17.4 Å². The summed E-state index contributed by atoms with van der Waals surface area (Å²) in [5.74, 6) is 0. The minimum Gasteiger partial charge on any atom is -0.316 e. The Morgan fingerprint density at radius 3 is 2.43 bits per heavy atom. The molecular formula is C8H16F3NOS. The summed E-state index contributed by atoms with van der Waals surface area (Å²) >= 11 is 0. The third kappa shape index (κ3) is 8.50. The fourth-order valence-corrected chi connectivity index (χ4v) is 1.19. The minimum absolute atomic E-state index is 0.0131. The Balaban J connectivity index is 3.35. The normalized spacial score (nSPS) is 16.6. The van der Waals surface area contributed by atoms with E-state index >= 15 is 0 Å². The van der Waals surface area contributed by atoms with Gasteiger partial charge >= 0.3 is 6.18 Å². The fourth-order valence-electron chi connectivity index (χ4n) is 0.837. The quantitative estimate of drug-likeness (QED) is 0.705. The number of hydrogen-bond acceptors (Lipinski definition) is 2. The molecule has 0 heterocycles. The van der Waals surface area contributed by atoms with E-state index in [0.717, 1.165) is 0 Å². The van der Waals surface area contributed by atoms with Gasteiger partial charge in [-0.25, -0.2) is 0 Å².